The van der Waals surface area contributed by atoms with Gasteiger partial charge in [0.15, 0.2) is 0 Å². The first kappa shape index (κ1) is 13.4. The molecule has 0 aliphatic rings. The van der Waals surface area contributed by atoms with Gasteiger partial charge in [0.1, 0.15) is 12.4 Å². The molecule has 0 radical (unpaired) electrons. The van der Waals surface area contributed by atoms with E-state index in [0.29, 0.717) is 18.0 Å². The van der Waals surface area contributed by atoms with Gasteiger partial charge in [-0.2, -0.15) is 0 Å². The molecule has 2 rings (SSSR count). The molecule has 0 aliphatic carbocycles. The average molecular weight is 278 g/mol. The van der Waals surface area contributed by atoms with Crippen molar-refractivity contribution in [1.29, 1.82) is 0 Å². The SMILES string of the molecule is Nc1ccc(S(N)(=O)=O)cc1OCc1ccccc1. The third-order valence-electron chi connectivity index (χ3n) is 2.55. The Morgan fingerprint density at radius 2 is 1.74 bits per heavy atom. The fourth-order valence-corrected chi connectivity index (χ4v) is 2.08. The molecule has 0 unspecified atom stereocenters. The maximum Gasteiger partial charge on any atom is 0.238 e. The molecule has 19 heavy (non-hydrogen) atoms. The van der Waals surface area contributed by atoms with Crippen LogP contribution in [0.2, 0.25) is 0 Å². The minimum absolute atomic E-state index is 0.0234. The normalized spacial score (nSPS) is 11.2. The van der Waals surface area contributed by atoms with Crippen molar-refractivity contribution in [3.63, 3.8) is 0 Å². The molecule has 2 aromatic carbocycles. The molecule has 0 bridgehead atoms. The average Bonchev–Trinajstić information content (AvgIpc) is 2.37. The Morgan fingerprint density at radius 1 is 1.05 bits per heavy atom. The van der Waals surface area contributed by atoms with Gasteiger partial charge < -0.3 is 10.5 Å². The van der Waals surface area contributed by atoms with Crippen LogP contribution in [0.15, 0.2) is 53.4 Å². The lowest BCUT2D eigenvalue weighted by atomic mass is 10.2. The van der Waals surface area contributed by atoms with Crippen molar-refractivity contribution in [2.75, 3.05) is 5.73 Å². The van der Waals surface area contributed by atoms with E-state index < -0.39 is 10.0 Å². The van der Waals surface area contributed by atoms with Gasteiger partial charge in [0.05, 0.1) is 10.6 Å². The first-order valence-corrected chi connectivity index (χ1v) is 7.10. The van der Waals surface area contributed by atoms with Gasteiger partial charge in [-0.25, -0.2) is 13.6 Å². The Kier molecular flexibility index (Phi) is 3.73. The quantitative estimate of drug-likeness (QED) is 0.828. The summed E-state index contributed by atoms with van der Waals surface area (Å²) in [6, 6.07) is 13.6. The molecule has 0 fully saturated rings. The highest BCUT2D eigenvalue weighted by Gasteiger charge is 2.11. The van der Waals surface area contributed by atoms with Gasteiger partial charge in [-0.1, -0.05) is 30.3 Å². The van der Waals surface area contributed by atoms with Crippen molar-refractivity contribution in [1.82, 2.24) is 0 Å². The molecule has 0 saturated heterocycles. The highest BCUT2D eigenvalue weighted by molar-refractivity contribution is 7.89. The number of anilines is 1. The molecule has 6 heteroatoms. The first-order valence-electron chi connectivity index (χ1n) is 5.56. The highest BCUT2D eigenvalue weighted by atomic mass is 32.2. The number of hydrogen-bond donors (Lipinski definition) is 2. The summed E-state index contributed by atoms with van der Waals surface area (Å²) < 4.78 is 28.0. The van der Waals surface area contributed by atoms with Crippen LogP contribution < -0.4 is 15.6 Å². The van der Waals surface area contributed by atoms with Crippen molar-refractivity contribution >= 4 is 15.7 Å². The lowest BCUT2D eigenvalue weighted by Crippen LogP contribution is -2.12. The Balaban J connectivity index is 2.21. The van der Waals surface area contributed by atoms with Gasteiger partial charge in [0, 0.05) is 6.07 Å². The van der Waals surface area contributed by atoms with Gasteiger partial charge in [-0.15, -0.1) is 0 Å². The molecule has 0 heterocycles. The third-order valence-corrected chi connectivity index (χ3v) is 3.46. The lowest BCUT2D eigenvalue weighted by Gasteiger charge is -2.10. The molecule has 0 aliphatic heterocycles. The van der Waals surface area contributed by atoms with Crippen molar-refractivity contribution in [3.8, 4) is 5.75 Å². The Labute approximate surface area is 111 Å². The molecule has 0 saturated carbocycles. The summed E-state index contributed by atoms with van der Waals surface area (Å²) >= 11 is 0. The number of primary sulfonamides is 1. The summed E-state index contributed by atoms with van der Waals surface area (Å²) in [5.41, 5.74) is 7.06. The Morgan fingerprint density at radius 3 is 2.37 bits per heavy atom. The standard InChI is InChI=1S/C13H14N2O3S/c14-12-7-6-11(19(15,16)17)8-13(12)18-9-10-4-2-1-3-5-10/h1-8H,9,14H2,(H2,15,16,17). The highest BCUT2D eigenvalue weighted by Crippen LogP contribution is 2.25. The van der Waals surface area contributed by atoms with Crippen molar-refractivity contribution < 1.29 is 13.2 Å². The van der Waals surface area contributed by atoms with Gasteiger partial charge in [0.2, 0.25) is 10.0 Å². The van der Waals surface area contributed by atoms with Crippen LogP contribution in [0.4, 0.5) is 5.69 Å². The van der Waals surface area contributed by atoms with E-state index in [1.54, 1.807) is 0 Å². The van der Waals surface area contributed by atoms with Crippen LogP contribution >= 0.6 is 0 Å². The predicted octanol–water partition coefficient (Wildman–Crippen LogP) is 1.50. The largest absolute Gasteiger partial charge is 0.487 e. The van der Waals surface area contributed by atoms with Crippen LogP contribution in [0, 0.1) is 0 Å². The van der Waals surface area contributed by atoms with Crippen LogP contribution in [0.3, 0.4) is 0 Å². The zero-order chi connectivity index (χ0) is 13.9. The van der Waals surface area contributed by atoms with Crippen molar-refractivity contribution in [3.05, 3.63) is 54.1 Å². The van der Waals surface area contributed by atoms with E-state index >= 15 is 0 Å². The maximum atomic E-state index is 11.3. The van der Waals surface area contributed by atoms with E-state index in [1.807, 2.05) is 30.3 Å². The maximum absolute atomic E-state index is 11.3. The van der Waals surface area contributed by atoms with E-state index in [2.05, 4.69) is 0 Å². The molecule has 0 amide bonds. The molecule has 5 nitrogen and oxygen atoms in total. The minimum atomic E-state index is -3.76. The van der Waals surface area contributed by atoms with Crippen LogP contribution in [0.5, 0.6) is 5.75 Å². The van der Waals surface area contributed by atoms with Gasteiger partial charge in [0.25, 0.3) is 0 Å². The molecule has 0 spiro atoms. The molecular formula is C13H14N2O3S. The molecule has 100 valence electrons. The minimum Gasteiger partial charge on any atom is -0.487 e. The van der Waals surface area contributed by atoms with E-state index in [0.717, 1.165) is 5.56 Å². The van der Waals surface area contributed by atoms with Gasteiger partial charge in [-0.3, -0.25) is 0 Å². The van der Waals surface area contributed by atoms with E-state index in [9.17, 15) is 8.42 Å². The Hall–Kier alpha value is -2.05. The zero-order valence-corrected chi connectivity index (χ0v) is 10.9. The summed E-state index contributed by atoms with van der Waals surface area (Å²) in [6.07, 6.45) is 0. The molecule has 0 atom stereocenters. The smallest absolute Gasteiger partial charge is 0.238 e. The number of nitrogens with two attached hydrogens (primary N) is 2. The molecule has 4 N–H and O–H groups in total. The summed E-state index contributed by atoms with van der Waals surface area (Å²) in [6.45, 7) is 0.305. The number of ether oxygens (including phenoxy) is 1. The zero-order valence-electron chi connectivity index (χ0n) is 10.1. The topological polar surface area (TPSA) is 95.4 Å². The fourth-order valence-electron chi connectivity index (χ4n) is 1.55. The summed E-state index contributed by atoms with van der Waals surface area (Å²) in [5, 5.41) is 5.06. The Bertz CT molecular complexity index is 670. The van der Waals surface area contributed by atoms with Crippen LogP contribution in [-0.2, 0) is 16.6 Å². The van der Waals surface area contributed by atoms with Crippen molar-refractivity contribution in [2.45, 2.75) is 11.5 Å². The third kappa shape index (κ3) is 3.46. The summed E-state index contributed by atoms with van der Waals surface area (Å²) in [5.74, 6) is 0.301. The van der Waals surface area contributed by atoms with Crippen molar-refractivity contribution in [2.24, 2.45) is 5.14 Å². The lowest BCUT2D eigenvalue weighted by molar-refractivity contribution is 0.307. The van der Waals surface area contributed by atoms with Crippen LogP contribution in [0.25, 0.3) is 0 Å². The van der Waals surface area contributed by atoms with E-state index in [4.69, 9.17) is 15.6 Å². The van der Waals surface area contributed by atoms with E-state index in [1.165, 1.54) is 18.2 Å². The molecule has 0 aromatic heterocycles. The number of hydrogen-bond acceptors (Lipinski definition) is 4. The van der Waals surface area contributed by atoms with Crippen LogP contribution in [0.1, 0.15) is 5.56 Å². The van der Waals surface area contributed by atoms with Gasteiger partial charge >= 0.3 is 0 Å². The number of benzene rings is 2. The number of sulfonamides is 1. The second-order valence-corrected chi connectivity index (χ2v) is 5.58. The molecular weight excluding hydrogens is 264 g/mol. The van der Waals surface area contributed by atoms with Crippen LogP contribution in [-0.4, -0.2) is 8.42 Å². The van der Waals surface area contributed by atoms with E-state index in [-0.39, 0.29) is 4.90 Å². The fraction of sp³-hybridized carbons (Fsp3) is 0.0769. The summed E-state index contributed by atoms with van der Waals surface area (Å²) in [4.78, 5) is -0.0234. The summed E-state index contributed by atoms with van der Waals surface area (Å²) in [7, 11) is -3.76. The number of nitrogen functional groups attached to an aromatic ring is 1. The predicted molar refractivity (Wildman–Crippen MR) is 73.0 cm³/mol. The second kappa shape index (κ2) is 5.29. The molecule has 2 aromatic rings. The second-order valence-electron chi connectivity index (χ2n) is 4.02. The number of rotatable bonds is 4. The van der Waals surface area contributed by atoms with Gasteiger partial charge in [-0.05, 0) is 17.7 Å². The monoisotopic (exact) mass is 278 g/mol. The first-order chi connectivity index (χ1) is 8.97.